The van der Waals surface area contributed by atoms with E-state index in [4.69, 9.17) is 0 Å². The molecule has 0 aromatic heterocycles. The maximum Gasteiger partial charge on any atom is 0.362 e. The minimum Gasteiger partial charge on any atom is -0.544 e. The third kappa shape index (κ3) is 16.7. The van der Waals surface area contributed by atoms with E-state index in [2.05, 4.69) is 19.1 Å². The number of nitrogens with zero attached hydrogens (tertiary/aromatic N) is 1. The van der Waals surface area contributed by atoms with Crippen molar-refractivity contribution in [2.75, 3.05) is 6.54 Å². The van der Waals surface area contributed by atoms with E-state index < -0.39 is 40.5 Å². The van der Waals surface area contributed by atoms with Gasteiger partial charge in [-0.1, -0.05) is 130 Å². The molecule has 0 saturated heterocycles. The minimum atomic E-state index is -1.36. The van der Waals surface area contributed by atoms with Crippen LogP contribution < -0.4 is 5.11 Å². The molecule has 7 heteroatoms. The maximum atomic E-state index is 12.3. The van der Waals surface area contributed by atoms with E-state index in [1.807, 2.05) is 0 Å². The predicted octanol–water partition coefficient (Wildman–Crippen LogP) is 8.44. The smallest absolute Gasteiger partial charge is 0.362 e. The topological polar surface area (TPSA) is 115 Å². The quantitative estimate of drug-likeness (QED) is 0.0463. The van der Waals surface area contributed by atoms with Crippen LogP contribution in [-0.4, -0.2) is 57.3 Å². The minimum absolute atomic E-state index is 0.132. The molecule has 0 aliphatic heterocycles. The lowest BCUT2D eigenvalue weighted by atomic mass is 9.93. The summed E-state index contributed by atoms with van der Waals surface area (Å²) >= 11 is 0. The van der Waals surface area contributed by atoms with Crippen LogP contribution in [0.15, 0.2) is 12.2 Å². The molecule has 43 heavy (non-hydrogen) atoms. The SMILES string of the molecule is CCCCC/C=C/CCCCCCCCCCCCCCCCC[N+](C(CC)C(=O)[O-])(C(CC)C(=O)O)C(CC)C(=O)O. The normalized spacial score (nSPS) is 15.3. The van der Waals surface area contributed by atoms with E-state index in [0.717, 1.165) is 19.3 Å². The van der Waals surface area contributed by atoms with E-state index in [-0.39, 0.29) is 25.8 Å². The Balaban J connectivity index is 4.28. The monoisotopic (exact) mass is 609 g/mol. The second-order valence-electron chi connectivity index (χ2n) is 12.5. The Morgan fingerprint density at radius 2 is 0.860 bits per heavy atom. The fourth-order valence-electron chi connectivity index (χ4n) is 6.96. The van der Waals surface area contributed by atoms with E-state index in [1.165, 1.54) is 103 Å². The van der Waals surface area contributed by atoms with Gasteiger partial charge in [0, 0.05) is 19.3 Å². The number of hydrogen-bond donors (Lipinski definition) is 2. The fraction of sp³-hybridized carbons (Fsp3) is 0.861. The third-order valence-electron chi connectivity index (χ3n) is 9.30. The van der Waals surface area contributed by atoms with Gasteiger partial charge in [-0.2, -0.15) is 0 Å². The van der Waals surface area contributed by atoms with E-state index in [0.29, 0.717) is 6.42 Å². The van der Waals surface area contributed by atoms with Crippen LogP contribution in [0.2, 0.25) is 0 Å². The van der Waals surface area contributed by atoms with Crippen molar-refractivity contribution in [2.45, 2.75) is 193 Å². The molecule has 0 radical (unpaired) electrons. The number of rotatable bonds is 31. The number of carbonyl (C=O) groups excluding carboxylic acids is 1. The largest absolute Gasteiger partial charge is 0.544 e. The molecule has 0 bridgehead atoms. The van der Waals surface area contributed by atoms with Crippen molar-refractivity contribution in [1.29, 1.82) is 0 Å². The van der Waals surface area contributed by atoms with Gasteiger partial charge in [-0.05, 0) is 38.5 Å². The average molecular weight is 610 g/mol. The van der Waals surface area contributed by atoms with Gasteiger partial charge in [-0.25, -0.2) is 9.59 Å². The number of quaternary nitrogens is 1. The van der Waals surface area contributed by atoms with Gasteiger partial charge in [-0.15, -0.1) is 0 Å². The van der Waals surface area contributed by atoms with Gasteiger partial charge >= 0.3 is 11.9 Å². The summed E-state index contributed by atoms with van der Waals surface area (Å²) in [7, 11) is 0. The average Bonchev–Trinajstić information content (AvgIpc) is 2.96. The zero-order valence-corrected chi connectivity index (χ0v) is 28.3. The second-order valence-corrected chi connectivity index (χ2v) is 12.5. The molecule has 0 rings (SSSR count). The summed E-state index contributed by atoms with van der Waals surface area (Å²) in [6.45, 7) is 7.53. The molecule has 0 aromatic rings. The first-order valence-electron chi connectivity index (χ1n) is 17.9. The molecule has 0 aromatic carbocycles. The first kappa shape index (κ1) is 41.1. The molecule has 0 fully saturated rings. The van der Waals surface area contributed by atoms with Crippen molar-refractivity contribution in [3.8, 4) is 0 Å². The summed E-state index contributed by atoms with van der Waals surface area (Å²) in [4.78, 5) is 36.7. The van der Waals surface area contributed by atoms with Crippen molar-refractivity contribution in [3.63, 3.8) is 0 Å². The molecule has 0 aliphatic rings. The van der Waals surface area contributed by atoms with E-state index in [9.17, 15) is 29.7 Å². The Kier molecular flexibility index (Phi) is 25.3. The van der Waals surface area contributed by atoms with Crippen molar-refractivity contribution in [3.05, 3.63) is 12.2 Å². The summed E-state index contributed by atoms with van der Waals surface area (Å²) in [5, 5.41) is 32.2. The van der Waals surface area contributed by atoms with Crippen LogP contribution in [0.5, 0.6) is 0 Å². The number of unbranched alkanes of at least 4 members (excludes halogenated alkanes) is 18. The molecule has 0 amide bonds. The lowest BCUT2D eigenvalue weighted by molar-refractivity contribution is -0.974. The zero-order valence-electron chi connectivity index (χ0n) is 28.3. The summed E-state index contributed by atoms with van der Waals surface area (Å²) in [5.74, 6) is -3.64. The summed E-state index contributed by atoms with van der Waals surface area (Å²) in [5.41, 5.74) is 0. The Morgan fingerprint density at radius 1 is 0.535 bits per heavy atom. The van der Waals surface area contributed by atoms with Crippen molar-refractivity contribution < 1.29 is 34.2 Å². The number of hydrogen-bond acceptors (Lipinski definition) is 4. The lowest BCUT2D eigenvalue weighted by Crippen LogP contribution is -2.73. The number of carbonyl (C=O) groups is 3. The Labute approximate surface area is 264 Å². The fourth-order valence-corrected chi connectivity index (χ4v) is 6.96. The zero-order chi connectivity index (χ0) is 32.3. The first-order valence-corrected chi connectivity index (χ1v) is 17.9. The second kappa shape index (κ2) is 26.5. The van der Waals surface area contributed by atoms with Crippen LogP contribution in [0.25, 0.3) is 0 Å². The Hall–Kier alpha value is -1.89. The van der Waals surface area contributed by atoms with Gasteiger partial charge in [0.1, 0.15) is 6.04 Å². The van der Waals surface area contributed by atoms with Crippen LogP contribution in [-0.2, 0) is 14.4 Å². The highest BCUT2D eigenvalue weighted by Gasteiger charge is 2.53. The van der Waals surface area contributed by atoms with Crippen molar-refractivity contribution in [2.24, 2.45) is 0 Å². The van der Waals surface area contributed by atoms with Gasteiger partial charge < -0.3 is 20.1 Å². The van der Waals surface area contributed by atoms with Gasteiger partial charge in [-0.3, -0.25) is 4.48 Å². The number of carboxylic acid groups (broad SMARTS) is 3. The highest BCUT2D eigenvalue weighted by atomic mass is 16.4. The number of aliphatic carboxylic acids is 3. The highest BCUT2D eigenvalue weighted by molar-refractivity contribution is 5.77. The van der Waals surface area contributed by atoms with Crippen LogP contribution in [0.4, 0.5) is 0 Å². The van der Waals surface area contributed by atoms with Crippen molar-refractivity contribution in [1.82, 2.24) is 0 Å². The molecule has 3 unspecified atom stereocenters. The van der Waals surface area contributed by atoms with Crippen LogP contribution in [0.3, 0.4) is 0 Å². The molecule has 0 aliphatic carbocycles. The molecule has 0 heterocycles. The van der Waals surface area contributed by atoms with Crippen LogP contribution >= 0.6 is 0 Å². The van der Waals surface area contributed by atoms with Gasteiger partial charge in [0.15, 0.2) is 12.1 Å². The van der Waals surface area contributed by atoms with Crippen LogP contribution in [0, 0.1) is 0 Å². The first-order chi connectivity index (χ1) is 20.7. The van der Waals surface area contributed by atoms with Gasteiger partial charge in [0.25, 0.3) is 0 Å². The van der Waals surface area contributed by atoms with Crippen LogP contribution in [0.1, 0.15) is 175 Å². The standard InChI is InChI=1S/C36H67NO6/c1-5-9-10-11-12-13-14-15-16-17-18-19-20-21-22-23-24-25-26-27-28-29-30-37(31(6-2)34(38)39,32(7-3)35(40)41)33(8-4)36(42)43/h12-13,31-33H,5-11,14-30H2,1-4H3,(H2-,38,39,40,41,42,43)/b13-12+. The molecular weight excluding hydrogens is 542 g/mol. The predicted molar refractivity (Wildman–Crippen MR) is 175 cm³/mol. The lowest BCUT2D eigenvalue weighted by Gasteiger charge is -2.51. The summed E-state index contributed by atoms with van der Waals surface area (Å²) < 4.78 is -0.465. The molecule has 3 atom stereocenters. The van der Waals surface area contributed by atoms with Crippen molar-refractivity contribution >= 4 is 17.9 Å². The number of carboxylic acids is 3. The third-order valence-corrected chi connectivity index (χ3v) is 9.30. The van der Waals surface area contributed by atoms with E-state index >= 15 is 0 Å². The summed E-state index contributed by atoms with van der Waals surface area (Å²) in [6, 6.07) is -3.37. The summed E-state index contributed by atoms with van der Waals surface area (Å²) in [6.07, 6.45) is 29.6. The van der Waals surface area contributed by atoms with E-state index in [1.54, 1.807) is 20.8 Å². The molecule has 2 N–H and O–H groups in total. The Morgan fingerprint density at radius 3 is 1.16 bits per heavy atom. The highest BCUT2D eigenvalue weighted by Crippen LogP contribution is 2.32. The molecule has 7 nitrogen and oxygen atoms in total. The number of allylic oxidation sites excluding steroid dienone is 2. The Bertz CT molecular complexity index is 697. The maximum absolute atomic E-state index is 12.3. The van der Waals surface area contributed by atoms with Gasteiger partial charge in [0.05, 0.1) is 12.5 Å². The van der Waals surface area contributed by atoms with Gasteiger partial charge in [0.2, 0.25) is 0 Å². The molecule has 0 spiro atoms. The molecule has 252 valence electrons. The molecule has 0 saturated carbocycles. The molecular formula is C36H67NO6.